The molecule has 1 heterocycles. The fraction of sp³-hybridized carbons (Fsp3) is 0.909. The maximum Gasteiger partial charge on any atom is 0.325 e. The third-order valence-electron chi connectivity index (χ3n) is 2.46. The lowest BCUT2D eigenvalue weighted by atomic mass is 9.98. The van der Waals surface area contributed by atoms with Gasteiger partial charge in [-0.05, 0) is 40.2 Å². The Labute approximate surface area is 91.5 Å². The van der Waals surface area contributed by atoms with Gasteiger partial charge in [-0.25, -0.2) is 0 Å². The first-order valence-corrected chi connectivity index (χ1v) is 5.62. The summed E-state index contributed by atoms with van der Waals surface area (Å²) in [5.41, 5.74) is 5.41. The van der Waals surface area contributed by atoms with Crippen LogP contribution in [0.5, 0.6) is 0 Å². The lowest BCUT2D eigenvalue weighted by Crippen LogP contribution is -2.53. The molecule has 0 aromatic carbocycles. The molecule has 4 heteroatoms. The van der Waals surface area contributed by atoms with E-state index in [9.17, 15) is 4.79 Å². The first-order valence-electron chi connectivity index (χ1n) is 5.62. The van der Waals surface area contributed by atoms with E-state index in [0.29, 0.717) is 0 Å². The molecular formula is C11H22N2O2. The van der Waals surface area contributed by atoms with Crippen molar-refractivity contribution in [1.29, 1.82) is 0 Å². The molecule has 3 N–H and O–H groups in total. The maximum atomic E-state index is 11.7. The van der Waals surface area contributed by atoms with Crippen molar-refractivity contribution in [1.82, 2.24) is 5.32 Å². The van der Waals surface area contributed by atoms with E-state index >= 15 is 0 Å². The number of nitrogens with one attached hydrogen (secondary N) is 1. The summed E-state index contributed by atoms with van der Waals surface area (Å²) in [6, 6.07) is -0.460. The van der Waals surface area contributed by atoms with Gasteiger partial charge >= 0.3 is 5.97 Å². The van der Waals surface area contributed by atoms with Crippen LogP contribution in [0, 0.1) is 0 Å². The highest BCUT2D eigenvalue weighted by atomic mass is 16.6. The standard InChI is InChI=1S/C11H22N2O2/c1-11(2,3)15-10(14)9(12)8-6-4-5-7-13-8/h8-9,13H,4-7,12H2,1-3H3/t8-,9?/m1/s1. The van der Waals surface area contributed by atoms with Crippen molar-refractivity contribution >= 4 is 5.97 Å². The molecule has 88 valence electrons. The molecule has 1 aliphatic heterocycles. The minimum atomic E-state index is -0.537. The van der Waals surface area contributed by atoms with Crippen molar-refractivity contribution in [2.45, 2.75) is 57.7 Å². The van der Waals surface area contributed by atoms with E-state index in [4.69, 9.17) is 10.5 Å². The van der Waals surface area contributed by atoms with Crippen LogP contribution in [0.2, 0.25) is 0 Å². The van der Waals surface area contributed by atoms with Crippen LogP contribution in [-0.4, -0.2) is 30.2 Å². The lowest BCUT2D eigenvalue weighted by molar-refractivity contribution is -0.157. The van der Waals surface area contributed by atoms with Gasteiger partial charge < -0.3 is 15.8 Å². The second kappa shape index (κ2) is 4.94. The molecule has 0 bridgehead atoms. The third kappa shape index (κ3) is 4.18. The van der Waals surface area contributed by atoms with Gasteiger partial charge in [0, 0.05) is 6.04 Å². The zero-order chi connectivity index (χ0) is 11.5. The number of rotatable bonds is 2. The van der Waals surface area contributed by atoms with Gasteiger partial charge in [0.25, 0.3) is 0 Å². The molecule has 1 aliphatic rings. The van der Waals surface area contributed by atoms with Crippen LogP contribution in [0.4, 0.5) is 0 Å². The molecule has 15 heavy (non-hydrogen) atoms. The zero-order valence-electron chi connectivity index (χ0n) is 9.88. The summed E-state index contributed by atoms with van der Waals surface area (Å²) in [6.07, 6.45) is 3.26. The van der Waals surface area contributed by atoms with E-state index in [-0.39, 0.29) is 12.0 Å². The Hall–Kier alpha value is -0.610. The Balaban J connectivity index is 2.44. The summed E-state index contributed by atoms with van der Waals surface area (Å²) < 4.78 is 5.25. The van der Waals surface area contributed by atoms with Crippen LogP contribution >= 0.6 is 0 Å². The Morgan fingerprint density at radius 2 is 2.13 bits per heavy atom. The molecular weight excluding hydrogens is 192 g/mol. The van der Waals surface area contributed by atoms with E-state index in [0.717, 1.165) is 25.8 Å². The Morgan fingerprint density at radius 1 is 1.47 bits per heavy atom. The second-order valence-corrected chi connectivity index (χ2v) is 5.12. The van der Waals surface area contributed by atoms with Crippen molar-refractivity contribution in [3.05, 3.63) is 0 Å². The lowest BCUT2D eigenvalue weighted by Gasteiger charge is -2.29. The van der Waals surface area contributed by atoms with Crippen LogP contribution in [0.1, 0.15) is 40.0 Å². The van der Waals surface area contributed by atoms with Crippen molar-refractivity contribution in [2.75, 3.05) is 6.54 Å². The Bertz CT molecular complexity index is 217. The predicted molar refractivity (Wildman–Crippen MR) is 59.5 cm³/mol. The predicted octanol–water partition coefficient (Wildman–Crippen LogP) is 0.797. The van der Waals surface area contributed by atoms with Gasteiger partial charge in [0.15, 0.2) is 0 Å². The summed E-state index contributed by atoms with van der Waals surface area (Å²) in [6.45, 7) is 6.50. The van der Waals surface area contributed by atoms with Gasteiger partial charge in [-0.15, -0.1) is 0 Å². The highest BCUT2D eigenvalue weighted by Crippen LogP contribution is 2.13. The quantitative estimate of drug-likeness (QED) is 0.667. The largest absolute Gasteiger partial charge is 0.459 e. The van der Waals surface area contributed by atoms with Crippen molar-refractivity contribution in [3.63, 3.8) is 0 Å². The van der Waals surface area contributed by atoms with Gasteiger partial charge in [0.2, 0.25) is 0 Å². The molecule has 1 rings (SSSR count). The number of carbonyl (C=O) groups is 1. The number of hydrogen-bond acceptors (Lipinski definition) is 4. The Morgan fingerprint density at radius 3 is 2.60 bits per heavy atom. The fourth-order valence-electron chi connectivity index (χ4n) is 1.72. The summed E-state index contributed by atoms with van der Waals surface area (Å²) in [5.74, 6) is -0.304. The monoisotopic (exact) mass is 214 g/mol. The van der Waals surface area contributed by atoms with Crippen LogP contribution in [0.25, 0.3) is 0 Å². The van der Waals surface area contributed by atoms with Crippen LogP contribution in [0.15, 0.2) is 0 Å². The molecule has 1 saturated heterocycles. The van der Waals surface area contributed by atoms with Crippen LogP contribution < -0.4 is 11.1 Å². The van der Waals surface area contributed by atoms with Crippen molar-refractivity contribution in [3.8, 4) is 0 Å². The average molecular weight is 214 g/mol. The average Bonchev–Trinajstić information content (AvgIpc) is 2.15. The van der Waals surface area contributed by atoms with Crippen molar-refractivity contribution < 1.29 is 9.53 Å². The molecule has 0 aromatic rings. The smallest absolute Gasteiger partial charge is 0.325 e. The molecule has 1 fully saturated rings. The topological polar surface area (TPSA) is 64.3 Å². The molecule has 4 nitrogen and oxygen atoms in total. The summed E-state index contributed by atoms with van der Waals surface area (Å²) in [7, 11) is 0. The molecule has 0 aliphatic carbocycles. The molecule has 0 aromatic heterocycles. The number of nitrogens with two attached hydrogens (primary N) is 1. The number of esters is 1. The van der Waals surface area contributed by atoms with Gasteiger partial charge in [-0.3, -0.25) is 4.79 Å². The zero-order valence-corrected chi connectivity index (χ0v) is 9.88. The molecule has 0 spiro atoms. The van der Waals surface area contributed by atoms with E-state index in [1.54, 1.807) is 0 Å². The van der Waals surface area contributed by atoms with Crippen molar-refractivity contribution in [2.24, 2.45) is 5.73 Å². The maximum absolute atomic E-state index is 11.7. The minimum Gasteiger partial charge on any atom is -0.459 e. The third-order valence-corrected chi connectivity index (χ3v) is 2.46. The second-order valence-electron chi connectivity index (χ2n) is 5.12. The highest BCUT2D eigenvalue weighted by Gasteiger charge is 2.29. The van der Waals surface area contributed by atoms with E-state index in [1.807, 2.05) is 20.8 Å². The Kier molecular flexibility index (Phi) is 4.11. The molecule has 0 amide bonds. The van der Waals surface area contributed by atoms with E-state index < -0.39 is 11.6 Å². The van der Waals surface area contributed by atoms with Crippen LogP contribution in [-0.2, 0) is 9.53 Å². The van der Waals surface area contributed by atoms with Gasteiger partial charge in [0.1, 0.15) is 11.6 Å². The van der Waals surface area contributed by atoms with Gasteiger partial charge in [0.05, 0.1) is 0 Å². The normalized spacial score (nSPS) is 24.7. The SMILES string of the molecule is CC(C)(C)OC(=O)C(N)[C@H]1CCCCN1. The summed E-state index contributed by atoms with van der Waals surface area (Å²) in [5, 5.41) is 3.26. The van der Waals surface area contributed by atoms with E-state index in [1.165, 1.54) is 0 Å². The first kappa shape index (κ1) is 12.5. The molecule has 2 atom stereocenters. The number of carbonyl (C=O) groups excluding carboxylic acids is 1. The number of hydrogen-bond donors (Lipinski definition) is 2. The molecule has 0 radical (unpaired) electrons. The number of ether oxygens (including phenoxy) is 1. The molecule has 1 unspecified atom stereocenters. The fourth-order valence-corrected chi connectivity index (χ4v) is 1.72. The summed E-state index contributed by atoms with van der Waals surface area (Å²) >= 11 is 0. The first-order chi connectivity index (χ1) is 6.90. The van der Waals surface area contributed by atoms with E-state index in [2.05, 4.69) is 5.32 Å². The van der Waals surface area contributed by atoms with Crippen LogP contribution in [0.3, 0.4) is 0 Å². The minimum absolute atomic E-state index is 0.0774. The number of piperidine rings is 1. The van der Waals surface area contributed by atoms with Gasteiger partial charge in [-0.2, -0.15) is 0 Å². The highest BCUT2D eigenvalue weighted by molar-refractivity contribution is 5.76. The summed E-state index contributed by atoms with van der Waals surface area (Å²) in [4.78, 5) is 11.7. The van der Waals surface area contributed by atoms with Gasteiger partial charge in [-0.1, -0.05) is 6.42 Å². The molecule has 0 saturated carbocycles.